The van der Waals surface area contributed by atoms with Crippen LogP contribution in [0.1, 0.15) is 24.0 Å². The van der Waals surface area contributed by atoms with Crippen molar-refractivity contribution in [1.82, 2.24) is 5.48 Å². The van der Waals surface area contributed by atoms with Crippen molar-refractivity contribution < 1.29 is 5.21 Å². The maximum atomic E-state index is 8.78. The molecule has 2 aromatic carbocycles. The number of hydroxylamine groups is 1. The van der Waals surface area contributed by atoms with Gasteiger partial charge < -0.3 is 5.21 Å². The van der Waals surface area contributed by atoms with Gasteiger partial charge in [-0.1, -0.05) is 42.5 Å². The number of benzene rings is 2. The van der Waals surface area contributed by atoms with Gasteiger partial charge in [0.05, 0.1) is 0 Å². The average molecular weight is 251 g/mol. The first kappa shape index (κ1) is 12.2. The molecule has 96 valence electrons. The normalized spacial score (nSPS) is 14.7. The standard InChI is InChI=1S/C17H17NO/c19-18-12-13-6-7-15-8-9-16(11-17(15)10-13)14-4-2-1-3-5-14/h2,4-11,18-19H,1,3,12H2. The molecular weight excluding hydrogens is 234 g/mol. The highest BCUT2D eigenvalue weighted by atomic mass is 16.5. The minimum absolute atomic E-state index is 0.475. The molecule has 0 unspecified atom stereocenters. The van der Waals surface area contributed by atoms with Crippen LogP contribution in [0.4, 0.5) is 0 Å². The molecule has 1 aliphatic carbocycles. The molecule has 2 nitrogen and oxygen atoms in total. The first-order valence-corrected chi connectivity index (χ1v) is 6.63. The minimum Gasteiger partial charge on any atom is -0.316 e. The molecule has 2 heteroatoms. The predicted molar refractivity (Wildman–Crippen MR) is 78.9 cm³/mol. The number of hydrogen-bond acceptors (Lipinski definition) is 2. The molecular formula is C17H17NO. The highest BCUT2D eigenvalue weighted by molar-refractivity contribution is 5.88. The molecule has 0 aromatic heterocycles. The van der Waals surface area contributed by atoms with Crippen molar-refractivity contribution in [2.75, 3.05) is 0 Å². The van der Waals surface area contributed by atoms with E-state index >= 15 is 0 Å². The molecule has 2 aromatic rings. The molecule has 0 saturated carbocycles. The Labute approximate surface area is 113 Å². The van der Waals surface area contributed by atoms with E-state index in [-0.39, 0.29) is 0 Å². The Kier molecular flexibility index (Phi) is 3.45. The third-order valence-corrected chi connectivity index (χ3v) is 3.52. The van der Waals surface area contributed by atoms with E-state index in [0.29, 0.717) is 6.54 Å². The Morgan fingerprint density at radius 3 is 2.68 bits per heavy atom. The van der Waals surface area contributed by atoms with Crippen LogP contribution in [0.5, 0.6) is 0 Å². The summed E-state index contributed by atoms with van der Waals surface area (Å²) in [7, 11) is 0. The summed E-state index contributed by atoms with van der Waals surface area (Å²) in [5.74, 6) is 0. The van der Waals surface area contributed by atoms with E-state index in [0.717, 1.165) is 18.4 Å². The van der Waals surface area contributed by atoms with Crippen molar-refractivity contribution in [3.63, 3.8) is 0 Å². The SMILES string of the molecule is ONCc1ccc2ccc(C3=CCCC=C3)cc2c1. The van der Waals surface area contributed by atoms with Gasteiger partial charge in [-0.3, -0.25) is 0 Å². The van der Waals surface area contributed by atoms with Crippen LogP contribution in [0.15, 0.2) is 54.6 Å². The third kappa shape index (κ3) is 2.60. The fourth-order valence-electron chi connectivity index (χ4n) is 2.50. The Hall–Kier alpha value is -1.90. The maximum Gasteiger partial charge on any atom is 0.0458 e. The summed E-state index contributed by atoms with van der Waals surface area (Å²) in [6, 6.07) is 12.8. The molecule has 0 fully saturated rings. The zero-order valence-electron chi connectivity index (χ0n) is 10.8. The lowest BCUT2D eigenvalue weighted by atomic mass is 9.96. The van der Waals surface area contributed by atoms with Crippen LogP contribution in [-0.4, -0.2) is 5.21 Å². The second-order valence-corrected chi connectivity index (χ2v) is 4.87. The lowest BCUT2D eigenvalue weighted by Gasteiger charge is -2.09. The predicted octanol–water partition coefficient (Wildman–Crippen LogP) is 4.05. The van der Waals surface area contributed by atoms with Crippen LogP contribution in [-0.2, 0) is 6.54 Å². The average Bonchev–Trinajstić information content (AvgIpc) is 2.48. The van der Waals surface area contributed by atoms with E-state index in [1.54, 1.807) is 0 Å². The molecule has 0 bridgehead atoms. The number of nitrogens with one attached hydrogen (secondary N) is 1. The molecule has 0 saturated heterocycles. The van der Waals surface area contributed by atoms with Gasteiger partial charge in [0.1, 0.15) is 0 Å². The molecule has 0 radical (unpaired) electrons. The van der Waals surface area contributed by atoms with Crippen molar-refractivity contribution in [2.24, 2.45) is 0 Å². The molecule has 2 N–H and O–H groups in total. The van der Waals surface area contributed by atoms with Crippen molar-refractivity contribution in [3.05, 3.63) is 65.8 Å². The van der Waals surface area contributed by atoms with Gasteiger partial charge in [0.25, 0.3) is 0 Å². The number of allylic oxidation sites excluding steroid dienone is 4. The van der Waals surface area contributed by atoms with E-state index in [1.807, 2.05) is 6.07 Å². The fraction of sp³-hybridized carbons (Fsp3) is 0.176. The summed E-state index contributed by atoms with van der Waals surface area (Å²) in [5.41, 5.74) is 5.85. The van der Waals surface area contributed by atoms with Gasteiger partial charge >= 0.3 is 0 Å². The maximum absolute atomic E-state index is 8.78. The van der Waals surface area contributed by atoms with Crippen molar-refractivity contribution in [2.45, 2.75) is 19.4 Å². The van der Waals surface area contributed by atoms with Gasteiger partial charge in [-0.25, -0.2) is 5.48 Å². The van der Waals surface area contributed by atoms with Crippen LogP contribution in [0.25, 0.3) is 16.3 Å². The van der Waals surface area contributed by atoms with Crippen molar-refractivity contribution >= 4 is 16.3 Å². The van der Waals surface area contributed by atoms with Gasteiger partial charge in [-0.15, -0.1) is 0 Å². The van der Waals surface area contributed by atoms with E-state index < -0.39 is 0 Å². The summed E-state index contributed by atoms with van der Waals surface area (Å²) in [6.07, 6.45) is 8.98. The highest BCUT2D eigenvalue weighted by Crippen LogP contribution is 2.25. The van der Waals surface area contributed by atoms with Crippen LogP contribution < -0.4 is 5.48 Å². The summed E-state index contributed by atoms with van der Waals surface area (Å²) in [4.78, 5) is 0. The summed E-state index contributed by atoms with van der Waals surface area (Å²) in [5, 5.41) is 11.2. The second-order valence-electron chi connectivity index (χ2n) is 4.87. The van der Waals surface area contributed by atoms with Crippen LogP contribution in [0.2, 0.25) is 0 Å². The molecule has 3 rings (SSSR count). The largest absolute Gasteiger partial charge is 0.316 e. The quantitative estimate of drug-likeness (QED) is 0.806. The highest BCUT2D eigenvalue weighted by Gasteiger charge is 2.03. The van der Waals surface area contributed by atoms with Crippen molar-refractivity contribution in [1.29, 1.82) is 0 Å². The first-order chi connectivity index (χ1) is 9.36. The Balaban J connectivity index is 2.03. The van der Waals surface area contributed by atoms with E-state index in [1.165, 1.54) is 21.9 Å². The van der Waals surface area contributed by atoms with E-state index in [2.05, 4.69) is 54.0 Å². The Morgan fingerprint density at radius 2 is 1.89 bits per heavy atom. The Bertz CT molecular complexity index is 655. The van der Waals surface area contributed by atoms with Crippen LogP contribution >= 0.6 is 0 Å². The number of rotatable bonds is 3. The molecule has 0 heterocycles. The first-order valence-electron chi connectivity index (χ1n) is 6.63. The summed E-state index contributed by atoms with van der Waals surface area (Å²) >= 11 is 0. The van der Waals surface area contributed by atoms with Gasteiger partial charge in [-0.2, -0.15) is 0 Å². The van der Waals surface area contributed by atoms with Gasteiger partial charge in [-0.05, 0) is 52.4 Å². The smallest absolute Gasteiger partial charge is 0.0458 e. The minimum atomic E-state index is 0.475. The summed E-state index contributed by atoms with van der Waals surface area (Å²) in [6.45, 7) is 0.475. The topological polar surface area (TPSA) is 32.3 Å². The van der Waals surface area contributed by atoms with Crippen molar-refractivity contribution in [3.8, 4) is 0 Å². The van der Waals surface area contributed by atoms with Gasteiger partial charge in [0, 0.05) is 6.54 Å². The Morgan fingerprint density at radius 1 is 1.00 bits per heavy atom. The van der Waals surface area contributed by atoms with Crippen LogP contribution in [0, 0.1) is 0 Å². The zero-order valence-corrected chi connectivity index (χ0v) is 10.8. The number of fused-ring (bicyclic) bond motifs is 1. The van der Waals surface area contributed by atoms with Gasteiger partial charge in [0.2, 0.25) is 0 Å². The molecule has 19 heavy (non-hydrogen) atoms. The lowest BCUT2D eigenvalue weighted by molar-refractivity contribution is 0.161. The monoisotopic (exact) mass is 251 g/mol. The third-order valence-electron chi connectivity index (χ3n) is 3.52. The van der Waals surface area contributed by atoms with Gasteiger partial charge in [0.15, 0.2) is 0 Å². The van der Waals surface area contributed by atoms with E-state index in [4.69, 9.17) is 5.21 Å². The summed E-state index contributed by atoms with van der Waals surface area (Å²) < 4.78 is 0. The second kappa shape index (κ2) is 5.39. The fourth-order valence-corrected chi connectivity index (χ4v) is 2.50. The molecule has 1 aliphatic rings. The lowest BCUT2D eigenvalue weighted by Crippen LogP contribution is -2.05. The molecule has 0 amide bonds. The molecule has 0 aliphatic heterocycles. The zero-order chi connectivity index (χ0) is 13.1. The molecule has 0 spiro atoms. The number of hydrogen-bond donors (Lipinski definition) is 2. The van der Waals surface area contributed by atoms with Crippen LogP contribution in [0.3, 0.4) is 0 Å². The molecule has 0 atom stereocenters. The van der Waals surface area contributed by atoms with E-state index in [9.17, 15) is 0 Å².